The number of amides is 1. The van der Waals surface area contributed by atoms with Gasteiger partial charge in [-0.2, -0.15) is 5.10 Å². The third-order valence-corrected chi connectivity index (χ3v) is 5.34. The van der Waals surface area contributed by atoms with Crippen LogP contribution >= 0.6 is 0 Å². The van der Waals surface area contributed by atoms with Crippen LogP contribution in [0.1, 0.15) is 28.7 Å². The number of aryl methyl sites for hydroxylation is 2. The molecule has 0 saturated carbocycles. The lowest BCUT2D eigenvalue weighted by molar-refractivity contribution is 0.0752. The largest absolute Gasteiger partial charge is 0.391 e. The van der Waals surface area contributed by atoms with Crippen molar-refractivity contribution in [3.8, 4) is 0 Å². The Morgan fingerprint density at radius 1 is 1.26 bits per heavy atom. The average Bonchev–Trinajstić information content (AvgIpc) is 3.24. The molecule has 6 heteroatoms. The summed E-state index contributed by atoms with van der Waals surface area (Å²) in [5, 5.41) is 16.1. The zero-order chi connectivity index (χ0) is 19.0. The number of benzene rings is 1. The number of aliphatic hydroxyl groups excluding tert-OH is 1. The highest BCUT2D eigenvalue weighted by atomic mass is 16.3. The van der Waals surface area contributed by atoms with Gasteiger partial charge in [0.1, 0.15) is 5.69 Å². The lowest BCUT2D eigenvalue weighted by atomic mass is 9.94. The maximum Gasteiger partial charge on any atom is 0.272 e. The number of rotatable bonds is 4. The molecule has 0 unspecified atom stereocenters. The number of carbonyl (C=O) groups excluding carboxylic acids is 1. The topological polar surface area (TPSA) is 71.2 Å². The summed E-state index contributed by atoms with van der Waals surface area (Å²) in [5.41, 5.74) is 3.54. The van der Waals surface area contributed by atoms with Gasteiger partial charge in [0, 0.05) is 37.1 Å². The Labute approximate surface area is 158 Å². The molecule has 0 spiro atoms. The van der Waals surface area contributed by atoms with E-state index in [0.29, 0.717) is 25.3 Å². The Kier molecular flexibility index (Phi) is 4.66. The predicted molar refractivity (Wildman–Crippen MR) is 103 cm³/mol. The first-order chi connectivity index (χ1) is 13.1. The third kappa shape index (κ3) is 3.32. The Bertz CT molecular complexity index is 976. The van der Waals surface area contributed by atoms with Crippen LogP contribution in [0.2, 0.25) is 0 Å². The second-order valence-electron chi connectivity index (χ2n) is 7.22. The summed E-state index contributed by atoms with van der Waals surface area (Å²) < 4.78 is 1.73. The molecule has 1 N–H and O–H groups in total. The van der Waals surface area contributed by atoms with Crippen molar-refractivity contribution in [3.05, 3.63) is 59.5 Å². The molecule has 1 saturated heterocycles. The van der Waals surface area contributed by atoms with Crippen LogP contribution in [-0.2, 0) is 13.0 Å². The molecule has 1 aromatic carbocycles. The minimum Gasteiger partial charge on any atom is -0.391 e. The number of fused-ring (bicyclic) bond motifs is 1. The predicted octanol–water partition coefficient (Wildman–Crippen LogP) is 2.44. The van der Waals surface area contributed by atoms with Gasteiger partial charge in [0.05, 0.1) is 17.3 Å². The summed E-state index contributed by atoms with van der Waals surface area (Å²) in [6, 6.07) is 11.9. The summed E-state index contributed by atoms with van der Waals surface area (Å²) in [5.74, 6) is -0.0440. The van der Waals surface area contributed by atoms with Crippen LogP contribution < -0.4 is 0 Å². The first-order valence-corrected chi connectivity index (χ1v) is 9.41. The van der Waals surface area contributed by atoms with Gasteiger partial charge < -0.3 is 10.0 Å². The van der Waals surface area contributed by atoms with Gasteiger partial charge in [0.25, 0.3) is 5.91 Å². The summed E-state index contributed by atoms with van der Waals surface area (Å²) in [6.45, 7) is 5.42. The first-order valence-electron chi connectivity index (χ1n) is 9.41. The lowest BCUT2D eigenvalue weighted by Crippen LogP contribution is -2.31. The van der Waals surface area contributed by atoms with E-state index in [-0.39, 0.29) is 11.8 Å². The quantitative estimate of drug-likeness (QED) is 0.772. The fraction of sp³-hybridized carbons (Fsp3) is 0.381. The van der Waals surface area contributed by atoms with Crippen LogP contribution in [0.15, 0.2) is 42.6 Å². The molecule has 1 aliphatic rings. The van der Waals surface area contributed by atoms with Crippen molar-refractivity contribution in [1.29, 1.82) is 0 Å². The van der Waals surface area contributed by atoms with Gasteiger partial charge in [-0.1, -0.05) is 18.2 Å². The van der Waals surface area contributed by atoms with E-state index in [2.05, 4.69) is 16.1 Å². The highest BCUT2D eigenvalue weighted by Crippen LogP contribution is 2.26. The summed E-state index contributed by atoms with van der Waals surface area (Å²) in [4.78, 5) is 19.1. The van der Waals surface area contributed by atoms with E-state index in [1.54, 1.807) is 9.58 Å². The Morgan fingerprint density at radius 2 is 2.07 bits per heavy atom. The molecule has 0 bridgehead atoms. The molecule has 0 radical (unpaired) electrons. The molecule has 3 aromatic rings. The number of β-amino-alcohol motifs (C(OH)–C–C–N with tert-alkyl or cyclic N) is 1. The van der Waals surface area contributed by atoms with Crippen LogP contribution in [0.5, 0.6) is 0 Å². The van der Waals surface area contributed by atoms with E-state index < -0.39 is 6.10 Å². The number of aliphatic hydroxyl groups is 1. The minimum atomic E-state index is -0.528. The van der Waals surface area contributed by atoms with Gasteiger partial charge in [-0.3, -0.25) is 14.5 Å². The average molecular weight is 364 g/mol. The van der Waals surface area contributed by atoms with Crippen molar-refractivity contribution in [3.63, 3.8) is 0 Å². The van der Waals surface area contributed by atoms with Gasteiger partial charge >= 0.3 is 0 Å². The summed E-state index contributed by atoms with van der Waals surface area (Å²) in [7, 11) is 0. The van der Waals surface area contributed by atoms with E-state index in [1.807, 2.05) is 50.4 Å². The number of hydrogen-bond acceptors (Lipinski definition) is 4. The van der Waals surface area contributed by atoms with Gasteiger partial charge in [-0.25, -0.2) is 0 Å². The van der Waals surface area contributed by atoms with Crippen molar-refractivity contribution < 1.29 is 9.90 Å². The monoisotopic (exact) mass is 364 g/mol. The van der Waals surface area contributed by atoms with Crippen molar-refractivity contribution >= 4 is 16.8 Å². The molecule has 6 nitrogen and oxygen atoms in total. The van der Waals surface area contributed by atoms with Crippen LogP contribution in [0.3, 0.4) is 0 Å². The Hall–Kier alpha value is -2.73. The molecule has 1 amide bonds. The second-order valence-corrected chi connectivity index (χ2v) is 7.22. The van der Waals surface area contributed by atoms with Crippen LogP contribution in [-0.4, -0.2) is 49.9 Å². The molecule has 2 atom stereocenters. The zero-order valence-electron chi connectivity index (χ0n) is 15.7. The number of pyridine rings is 1. The fourth-order valence-corrected chi connectivity index (χ4v) is 3.96. The number of aromatic nitrogens is 3. The van der Waals surface area contributed by atoms with Crippen LogP contribution in [0.4, 0.5) is 0 Å². The fourth-order valence-electron chi connectivity index (χ4n) is 3.96. The summed E-state index contributed by atoms with van der Waals surface area (Å²) >= 11 is 0. The zero-order valence-corrected chi connectivity index (χ0v) is 15.7. The van der Waals surface area contributed by atoms with E-state index in [4.69, 9.17) is 0 Å². The van der Waals surface area contributed by atoms with Gasteiger partial charge in [-0.15, -0.1) is 0 Å². The standard InChI is InChI=1S/C21H24N4O2/c1-3-25-19(10-14(2)23-25)21(27)24-12-16(20(26)13-24)11-15-8-9-22-18-7-5-4-6-17(15)18/h4-10,16,20,26H,3,11-13H2,1-2H3/t16-,20-/m1/s1. The van der Waals surface area contributed by atoms with Crippen molar-refractivity contribution in [2.45, 2.75) is 32.9 Å². The molecular weight excluding hydrogens is 340 g/mol. The highest BCUT2D eigenvalue weighted by molar-refractivity contribution is 5.93. The van der Waals surface area contributed by atoms with Crippen LogP contribution in [0, 0.1) is 12.8 Å². The molecular formula is C21H24N4O2. The molecule has 140 valence electrons. The van der Waals surface area contributed by atoms with Crippen molar-refractivity contribution in [2.24, 2.45) is 5.92 Å². The number of para-hydroxylation sites is 1. The SMILES string of the molecule is CCn1nc(C)cc1C(=O)N1C[C@@H](Cc2ccnc3ccccc23)[C@H](O)C1. The van der Waals surface area contributed by atoms with Crippen molar-refractivity contribution in [1.82, 2.24) is 19.7 Å². The maximum absolute atomic E-state index is 12.9. The number of hydrogen-bond donors (Lipinski definition) is 1. The number of nitrogens with zero attached hydrogens (tertiary/aromatic N) is 4. The highest BCUT2D eigenvalue weighted by Gasteiger charge is 2.35. The molecule has 27 heavy (non-hydrogen) atoms. The first kappa shape index (κ1) is 17.7. The molecule has 0 aliphatic carbocycles. The second kappa shape index (κ2) is 7.12. The summed E-state index contributed by atoms with van der Waals surface area (Å²) in [6.07, 6.45) is 2.00. The minimum absolute atomic E-state index is 0.0128. The normalized spacial score (nSPS) is 19.7. The Balaban J connectivity index is 1.54. The van der Waals surface area contributed by atoms with Crippen LogP contribution in [0.25, 0.3) is 10.9 Å². The van der Waals surface area contributed by atoms with Gasteiger partial charge in [0.15, 0.2) is 0 Å². The lowest BCUT2D eigenvalue weighted by Gasteiger charge is -2.17. The smallest absolute Gasteiger partial charge is 0.272 e. The molecule has 3 heterocycles. The number of carbonyl (C=O) groups is 1. The van der Waals surface area contributed by atoms with E-state index in [0.717, 1.165) is 28.6 Å². The van der Waals surface area contributed by atoms with Gasteiger partial charge in [0.2, 0.25) is 0 Å². The van der Waals surface area contributed by atoms with Gasteiger partial charge in [-0.05, 0) is 44.0 Å². The molecule has 1 aliphatic heterocycles. The molecule has 4 rings (SSSR count). The Morgan fingerprint density at radius 3 is 2.89 bits per heavy atom. The van der Waals surface area contributed by atoms with Crippen molar-refractivity contribution in [2.75, 3.05) is 13.1 Å². The molecule has 2 aromatic heterocycles. The number of likely N-dealkylation sites (tertiary alicyclic amines) is 1. The van der Waals surface area contributed by atoms with E-state index in [9.17, 15) is 9.90 Å². The van der Waals surface area contributed by atoms with E-state index in [1.165, 1.54) is 0 Å². The molecule has 1 fully saturated rings. The van der Waals surface area contributed by atoms with E-state index >= 15 is 0 Å². The third-order valence-electron chi connectivity index (χ3n) is 5.34. The maximum atomic E-state index is 12.9.